The molecular formula is C17H21NO2. The van der Waals surface area contributed by atoms with Crippen molar-refractivity contribution in [3.05, 3.63) is 58.7 Å². The van der Waals surface area contributed by atoms with E-state index in [1.165, 1.54) is 11.1 Å². The molecule has 3 nitrogen and oxygen atoms in total. The Hall–Kier alpha value is -2.00. The van der Waals surface area contributed by atoms with Gasteiger partial charge < -0.3 is 15.6 Å². The number of para-hydroxylation sites is 1. The predicted molar refractivity (Wildman–Crippen MR) is 82.0 cm³/mol. The van der Waals surface area contributed by atoms with Gasteiger partial charge in [-0.1, -0.05) is 30.3 Å². The molecule has 0 aliphatic heterocycles. The van der Waals surface area contributed by atoms with Crippen LogP contribution in [0.1, 0.15) is 28.4 Å². The molecule has 3 N–H and O–H groups in total. The predicted octanol–water partition coefficient (Wildman–Crippen LogP) is 3.17. The van der Waals surface area contributed by atoms with Crippen molar-refractivity contribution < 1.29 is 9.84 Å². The van der Waals surface area contributed by atoms with Gasteiger partial charge in [0.05, 0.1) is 18.9 Å². The zero-order valence-corrected chi connectivity index (χ0v) is 12.2. The maximum atomic E-state index is 10.4. The minimum Gasteiger partial charge on any atom is -0.495 e. The molecule has 20 heavy (non-hydrogen) atoms. The summed E-state index contributed by atoms with van der Waals surface area (Å²) in [6.07, 6.45) is -0.0921. The van der Waals surface area contributed by atoms with Crippen molar-refractivity contribution in [1.82, 2.24) is 0 Å². The van der Waals surface area contributed by atoms with Gasteiger partial charge in [0.1, 0.15) is 5.75 Å². The van der Waals surface area contributed by atoms with Crippen LogP contribution in [0.2, 0.25) is 0 Å². The lowest BCUT2D eigenvalue weighted by molar-refractivity contribution is 0.179. The first kappa shape index (κ1) is 14.4. The molecule has 0 aliphatic carbocycles. The number of rotatable bonds is 4. The SMILES string of the molecule is COc1cccc(C(O)Cc2ccc(C)c(C)c2)c1N. The van der Waals surface area contributed by atoms with Crippen molar-refractivity contribution in [2.75, 3.05) is 12.8 Å². The van der Waals surface area contributed by atoms with Crippen LogP contribution in [-0.4, -0.2) is 12.2 Å². The fourth-order valence-electron chi connectivity index (χ4n) is 2.29. The lowest BCUT2D eigenvalue weighted by atomic mass is 9.97. The molecule has 0 aromatic heterocycles. The Bertz CT molecular complexity index is 608. The fraction of sp³-hybridized carbons (Fsp3) is 0.294. The second-order valence-electron chi connectivity index (χ2n) is 5.10. The number of aryl methyl sites for hydroxylation is 2. The summed E-state index contributed by atoms with van der Waals surface area (Å²) >= 11 is 0. The second kappa shape index (κ2) is 5.97. The number of anilines is 1. The average Bonchev–Trinajstić information content (AvgIpc) is 2.43. The molecule has 0 saturated heterocycles. The Balaban J connectivity index is 2.23. The van der Waals surface area contributed by atoms with Gasteiger partial charge in [-0.25, -0.2) is 0 Å². The van der Waals surface area contributed by atoms with Crippen molar-refractivity contribution in [2.45, 2.75) is 26.4 Å². The number of nitrogen functional groups attached to an aromatic ring is 1. The van der Waals surface area contributed by atoms with Crippen LogP contribution in [0, 0.1) is 13.8 Å². The maximum absolute atomic E-state index is 10.4. The van der Waals surface area contributed by atoms with E-state index >= 15 is 0 Å². The number of aliphatic hydroxyl groups is 1. The van der Waals surface area contributed by atoms with E-state index in [4.69, 9.17) is 10.5 Å². The summed E-state index contributed by atoms with van der Waals surface area (Å²) in [5.74, 6) is 0.599. The van der Waals surface area contributed by atoms with Crippen LogP contribution in [0.5, 0.6) is 5.75 Å². The molecule has 3 heteroatoms. The minimum atomic E-state index is -0.632. The van der Waals surface area contributed by atoms with E-state index in [-0.39, 0.29) is 0 Å². The Morgan fingerprint density at radius 2 is 1.90 bits per heavy atom. The largest absolute Gasteiger partial charge is 0.495 e. The molecule has 0 fully saturated rings. The first-order chi connectivity index (χ1) is 9.52. The van der Waals surface area contributed by atoms with Crippen LogP contribution in [0.3, 0.4) is 0 Å². The van der Waals surface area contributed by atoms with Gasteiger partial charge in [0, 0.05) is 12.0 Å². The van der Waals surface area contributed by atoms with E-state index in [9.17, 15) is 5.11 Å². The lowest BCUT2D eigenvalue weighted by Gasteiger charge is -2.16. The second-order valence-corrected chi connectivity index (χ2v) is 5.10. The molecule has 2 aromatic rings. The van der Waals surface area contributed by atoms with E-state index in [0.717, 1.165) is 5.56 Å². The van der Waals surface area contributed by atoms with Gasteiger partial charge in [0.15, 0.2) is 0 Å². The minimum absolute atomic E-state index is 0.506. The summed E-state index contributed by atoms with van der Waals surface area (Å²) in [6, 6.07) is 11.7. The highest BCUT2D eigenvalue weighted by atomic mass is 16.5. The van der Waals surface area contributed by atoms with Crippen LogP contribution in [0.15, 0.2) is 36.4 Å². The smallest absolute Gasteiger partial charge is 0.142 e. The van der Waals surface area contributed by atoms with Crippen molar-refractivity contribution in [3.8, 4) is 5.75 Å². The third kappa shape index (κ3) is 2.94. The van der Waals surface area contributed by atoms with Crippen LogP contribution in [-0.2, 0) is 6.42 Å². The van der Waals surface area contributed by atoms with Gasteiger partial charge in [-0.2, -0.15) is 0 Å². The molecule has 2 aromatic carbocycles. The molecule has 0 heterocycles. The van der Waals surface area contributed by atoms with E-state index < -0.39 is 6.10 Å². The summed E-state index contributed by atoms with van der Waals surface area (Å²) < 4.78 is 5.18. The number of methoxy groups -OCH3 is 1. The quantitative estimate of drug-likeness (QED) is 0.840. The van der Waals surface area contributed by atoms with Crippen molar-refractivity contribution in [1.29, 1.82) is 0 Å². The zero-order chi connectivity index (χ0) is 14.7. The van der Waals surface area contributed by atoms with Crippen LogP contribution in [0.4, 0.5) is 5.69 Å². The van der Waals surface area contributed by atoms with Crippen molar-refractivity contribution >= 4 is 5.69 Å². The number of ether oxygens (including phenoxy) is 1. The van der Waals surface area contributed by atoms with Crippen molar-refractivity contribution in [2.24, 2.45) is 0 Å². The van der Waals surface area contributed by atoms with Gasteiger partial charge >= 0.3 is 0 Å². The molecule has 0 saturated carbocycles. The molecule has 2 rings (SSSR count). The molecule has 0 bridgehead atoms. The Labute approximate surface area is 120 Å². The van der Waals surface area contributed by atoms with Gasteiger partial charge in [-0.3, -0.25) is 0 Å². The monoisotopic (exact) mass is 271 g/mol. The van der Waals surface area contributed by atoms with E-state index in [2.05, 4.69) is 26.0 Å². The normalized spacial score (nSPS) is 12.2. The molecule has 0 amide bonds. The Morgan fingerprint density at radius 1 is 1.15 bits per heavy atom. The van der Waals surface area contributed by atoms with Gasteiger partial charge in [-0.15, -0.1) is 0 Å². The summed E-state index contributed by atoms with van der Waals surface area (Å²) in [5, 5.41) is 10.4. The number of nitrogens with two attached hydrogens (primary N) is 1. The topological polar surface area (TPSA) is 55.5 Å². The standard InChI is InChI=1S/C17H21NO2/c1-11-7-8-13(9-12(11)2)10-15(19)14-5-4-6-16(20-3)17(14)18/h4-9,15,19H,10,18H2,1-3H3. The molecule has 0 aliphatic rings. The summed E-state index contributed by atoms with van der Waals surface area (Å²) in [4.78, 5) is 0. The third-order valence-electron chi connectivity index (χ3n) is 3.68. The van der Waals surface area contributed by atoms with Crippen molar-refractivity contribution in [3.63, 3.8) is 0 Å². The van der Waals surface area contributed by atoms with E-state index in [0.29, 0.717) is 23.4 Å². The van der Waals surface area contributed by atoms with Crippen LogP contribution < -0.4 is 10.5 Å². The first-order valence-corrected chi connectivity index (χ1v) is 6.69. The maximum Gasteiger partial charge on any atom is 0.142 e. The Kier molecular flexibility index (Phi) is 4.30. The lowest BCUT2D eigenvalue weighted by Crippen LogP contribution is -2.06. The van der Waals surface area contributed by atoms with E-state index in [1.807, 2.05) is 18.2 Å². The summed E-state index contributed by atoms with van der Waals surface area (Å²) in [7, 11) is 1.57. The first-order valence-electron chi connectivity index (χ1n) is 6.69. The van der Waals surface area contributed by atoms with Gasteiger partial charge in [0.25, 0.3) is 0 Å². The fourth-order valence-corrected chi connectivity index (χ4v) is 2.29. The molecule has 1 unspecified atom stereocenters. The third-order valence-corrected chi connectivity index (χ3v) is 3.68. The highest BCUT2D eigenvalue weighted by Gasteiger charge is 2.14. The highest BCUT2D eigenvalue weighted by molar-refractivity contribution is 5.59. The molecule has 1 atom stereocenters. The number of benzene rings is 2. The van der Waals surface area contributed by atoms with Gasteiger partial charge in [0.2, 0.25) is 0 Å². The zero-order valence-electron chi connectivity index (χ0n) is 12.2. The van der Waals surface area contributed by atoms with E-state index in [1.54, 1.807) is 13.2 Å². The highest BCUT2D eigenvalue weighted by Crippen LogP contribution is 2.31. The summed E-state index contributed by atoms with van der Waals surface area (Å²) in [5.41, 5.74) is 10.8. The average molecular weight is 271 g/mol. The molecule has 106 valence electrons. The molecule has 0 radical (unpaired) electrons. The molecule has 0 spiro atoms. The van der Waals surface area contributed by atoms with Crippen LogP contribution >= 0.6 is 0 Å². The number of hydrogen-bond acceptors (Lipinski definition) is 3. The Morgan fingerprint density at radius 3 is 2.55 bits per heavy atom. The number of aliphatic hydroxyl groups excluding tert-OH is 1. The van der Waals surface area contributed by atoms with Gasteiger partial charge in [-0.05, 0) is 36.6 Å². The number of hydrogen-bond donors (Lipinski definition) is 2. The van der Waals surface area contributed by atoms with Crippen LogP contribution in [0.25, 0.3) is 0 Å². The summed E-state index contributed by atoms with van der Waals surface area (Å²) in [6.45, 7) is 4.15. The molecular weight excluding hydrogens is 250 g/mol.